The Kier molecular flexibility index (Phi) is 7.16. The van der Waals surface area contributed by atoms with Crippen LogP contribution < -0.4 is 10.6 Å². The van der Waals surface area contributed by atoms with Crippen molar-refractivity contribution >= 4 is 11.9 Å². The van der Waals surface area contributed by atoms with E-state index < -0.39 is 0 Å². The predicted molar refractivity (Wildman–Crippen MR) is 87.6 cm³/mol. The van der Waals surface area contributed by atoms with E-state index >= 15 is 0 Å². The van der Waals surface area contributed by atoms with Crippen molar-refractivity contribution in [1.82, 2.24) is 15.5 Å². The van der Waals surface area contributed by atoms with Crippen LogP contribution in [0.25, 0.3) is 0 Å². The van der Waals surface area contributed by atoms with Gasteiger partial charge in [0.1, 0.15) is 0 Å². The van der Waals surface area contributed by atoms with E-state index in [4.69, 9.17) is 0 Å². The number of rotatable bonds is 3. The molecule has 0 radical (unpaired) electrons. The molecule has 1 saturated carbocycles. The minimum atomic E-state index is -0.323. The molecule has 5 nitrogen and oxygen atoms in total. The summed E-state index contributed by atoms with van der Waals surface area (Å²) in [5, 5.41) is 5.47. The Morgan fingerprint density at radius 1 is 0.955 bits per heavy atom. The molecule has 0 aromatic heterocycles. The SMILES string of the molecule is C[C@@H]1CCCC[C@@H]1NC(=O)NC(=O)CN1CCCCCCC1. The van der Waals surface area contributed by atoms with Gasteiger partial charge in [-0.15, -0.1) is 0 Å². The van der Waals surface area contributed by atoms with E-state index in [-0.39, 0.29) is 18.0 Å². The Hall–Kier alpha value is -1.10. The summed E-state index contributed by atoms with van der Waals surface area (Å²) in [6.07, 6.45) is 10.7. The third kappa shape index (κ3) is 5.95. The smallest absolute Gasteiger partial charge is 0.321 e. The molecule has 1 aliphatic carbocycles. The summed E-state index contributed by atoms with van der Waals surface area (Å²) < 4.78 is 0. The monoisotopic (exact) mass is 309 g/mol. The molecular weight excluding hydrogens is 278 g/mol. The first kappa shape index (κ1) is 17.3. The van der Waals surface area contributed by atoms with Crippen molar-refractivity contribution in [1.29, 1.82) is 0 Å². The highest BCUT2D eigenvalue weighted by Gasteiger charge is 2.23. The maximum atomic E-state index is 12.0. The minimum Gasteiger partial charge on any atom is -0.335 e. The van der Waals surface area contributed by atoms with Crippen molar-refractivity contribution in [2.24, 2.45) is 5.92 Å². The molecule has 0 unspecified atom stereocenters. The number of amides is 3. The third-order valence-electron chi connectivity index (χ3n) is 5.00. The number of likely N-dealkylation sites (tertiary alicyclic amines) is 1. The molecule has 2 rings (SSSR count). The third-order valence-corrected chi connectivity index (χ3v) is 5.00. The largest absolute Gasteiger partial charge is 0.335 e. The fraction of sp³-hybridized carbons (Fsp3) is 0.882. The van der Waals surface area contributed by atoms with Gasteiger partial charge in [-0.05, 0) is 44.7 Å². The van der Waals surface area contributed by atoms with Crippen molar-refractivity contribution in [2.75, 3.05) is 19.6 Å². The molecule has 2 atom stereocenters. The molecule has 126 valence electrons. The zero-order valence-electron chi connectivity index (χ0n) is 13.9. The topological polar surface area (TPSA) is 61.4 Å². The molecule has 1 aliphatic heterocycles. The zero-order valence-corrected chi connectivity index (χ0v) is 13.9. The molecule has 3 amide bonds. The van der Waals surface area contributed by atoms with Crippen LogP contribution in [0.3, 0.4) is 0 Å². The first-order valence-electron chi connectivity index (χ1n) is 8.98. The molecule has 2 aliphatic rings. The van der Waals surface area contributed by atoms with Crippen LogP contribution in [0.1, 0.15) is 64.7 Å². The molecule has 5 heteroatoms. The van der Waals surface area contributed by atoms with Gasteiger partial charge in [0, 0.05) is 6.04 Å². The summed E-state index contributed by atoms with van der Waals surface area (Å²) in [4.78, 5) is 26.2. The molecule has 2 fully saturated rings. The summed E-state index contributed by atoms with van der Waals surface area (Å²) in [5.41, 5.74) is 0. The summed E-state index contributed by atoms with van der Waals surface area (Å²) in [7, 11) is 0. The van der Waals surface area contributed by atoms with Crippen LogP contribution in [0.5, 0.6) is 0 Å². The average Bonchev–Trinajstić information content (AvgIpc) is 2.44. The van der Waals surface area contributed by atoms with Crippen LogP contribution >= 0.6 is 0 Å². The summed E-state index contributed by atoms with van der Waals surface area (Å²) in [5.74, 6) is 0.325. The number of hydrogen-bond donors (Lipinski definition) is 2. The second-order valence-corrected chi connectivity index (χ2v) is 6.93. The highest BCUT2D eigenvalue weighted by molar-refractivity contribution is 5.95. The van der Waals surface area contributed by atoms with Gasteiger partial charge in [-0.1, -0.05) is 39.0 Å². The van der Waals surface area contributed by atoms with E-state index in [1.807, 2.05) is 0 Å². The van der Waals surface area contributed by atoms with E-state index in [2.05, 4.69) is 22.5 Å². The Labute approximate surface area is 134 Å². The van der Waals surface area contributed by atoms with Gasteiger partial charge in [0.2, 0.25) is 5.91 Å². The molecule has 0 aromatic rings. The van der Waals surface area contributed by atoms with E-state index in [1.54, 1.807) is 0 Å². The first-order valence-corrected chi connectivity index (χ1v) is 8.98. The van der Waals surface area contributed by atoms with Crippen LogP contribution in [-0.4, -0.2) is 42.5 Å². The number of hydrogen-bond acceptors (Lipinski definition) is 3. The predicted octanol–water partition coefficient (Wildman–Crippen LogP) is 2.66. The van der Waals surface area contributed by atoms with Crippen LogP contribution in [0.4, 0.5) is 4.79 Å². The molecule has 0 bridgehead atoms. The number of nitrogens with zero attached hydrogens (tertiary/aromatic N) is 1. The van der Waals surface area contributed by atoms with Gasteiger partial charge in [-0.25, -0.2) is 4.79 Å². The van der Waals surface area contributed by atoms with Crippen molar-refractivity contribution in [3.05, 3.63) is 0 Å². The number of imide groups is 1. The lowest BCUT2D eigenvalue weighted by molar-refractivity contribution is -0.121. The molecule has 22 heavy (non-hydrogen) atoms. The van der Waals surface area contributed by atoms with Gasteiger partial charge in [0.25, 0.3) is 0 Å². The van der Waals surface area contributed by atoms with Gasteiger partial charge in [0.15, 0.2) is 0 Å². The standard InChI is InChI=1S/C17H31N3O2/c1-14-9-5-6-10-15(14)18-17(22)19-16(21)13-20-11-7-3-2-4-8-12-20/h14-15H,2-13H2,1H3,(H2,18,19,21,22)/t14-,15+/m1/s1. The lowest BCUT2D eigenvalue weighted by Gasteiger charge is -2.29. The van der Waals surface area contributed by atoms with Crippen molar-refractivity contribution in [3.63, 3.8) is 0 Å². The Morgan fingerprint density at radius 3 is 2.27 bits per heavy atom. The van der Waals surface area contributed by atoms with Gasteiger partial charge in [-0.3, -0.25) is 15.0 Å². The van der Waals surface area contributed by atoms with Crippen LogP contribution in [0.2, 0.25) is 0 Å². The first-order chi connectivity index (χ1) is 10.6. The number of carbonyl (C=O) groups excluding carboxylic acids is 2. The van der Waals surface area contributed by atoms with E-state index in [9.17, 15) is 9.59 Å². The molecule has 1 saturated heterocycles. The van der Waals surface area contributed by atoms with Crippen LogP contribution in [0.15, 0.2) is 0 Å². The average molecular weight is 309 g/mol. The van der Waals surface area contributed by atoms with Crippen molar-refractivity contribution in [2.45, 2.75) is 70.8 Å². The van der Waals surface area contributed by atoms with E-state index in [0.717, 1.165) is 45.2 Å². The molecule has 0 spiro atoms. The normalized spacial score (nSPS) is 27.5. The van der Waals surface area contributed by atoms with Crippen molar-refractivity contribution < 1.29 is 9.59 Å². The highest BCUT2D eigenvalue weighted by Crippen LogP contribution is 2.23. The van der Waals surface area contributed by atoms with Gasteiger partial charge in [0.05, 0.1) is 6.54 Å². The molecule has 1 heterocycles. The summed E-state index contributed by atoms with van der Waals surface area (Å²) in [6.45, 7) is 4.45. The Bertz CT molecular complexity index is 365. The van der Waals surface area contributed by atoms with Gasteiger partial charge >= 0.3 is 6.03 Å². The maximum absolute atomic E-state index is 12.0. The zero-order chi connectivity index (χ0) is 15.8. The second-order valence-electron chi connectivity index (χ2n) is 6.93. The van der Waals surface area contributed by atoms with Gasteiger partial charge in [-0.2, -0.15) is 0 Å². The quantitative estimate of drug-likeness (QED) is 0.842. The van der Waals surface area contributed by atoms with Gasteiger partial charge < -0.3 is 5.32 Å². The van der Waals surface area contributed by atoms with Crippen LogP contribution in [-0.2, 0) is 4.79 Å². The fourth-order valence-electron chi connectivity index (χ4n) is 3.58. The Balaban J connectivity index is 1.69. The second kappa shape index (κ2) is 9.13. The molecule has 2 N–H and O–H groups in total. The molecular formula is C17H31N3O2. The molecule has 0 aromatic carbocycles. The fourth-order valence-corrected chi connectivity index (χ4v) is 3.58. The van der Waals surface area contributed by atoms with Crippen LogP contribution in [0, 0.1) is 5.92 Å². The number of urea groups is 1. The summed E-state index contributed by atoms with van der Waals surface area (Å²) in [6, 6.07) is -0.112. The highest BCUT2D eigenvalue weighted by atomic mass is 16.2. The van der Waals surface area contributed by atoms with E-state index in [1.165, 1.54) is 25.7 Å². The lowest BCUT2D eigenvalue weighted by Crippen LogP contribution is -2.50. The number of carbonyl (C=O) groups is 2. The maximum Gasteiger partial charge on any atom is 0.321 e. The lowest BCUT2D eigenvalue weighted by atomic mass is 9.86. The minimum absolute atomic E-state index is 0.179. The number of nitrogens with one attached hydrogen (secondary N) is 2. The van der Waals surface area contributed by atoms with Crippen molar-refractivity contribution in [3.8, 4) is 0 Å². The Morgan fingerprint density at radius 2 is 1.59 bits per heavy atom. The summed E-state index contributed by atoms with van der Waals surface area (Å²) >= 11 is 0. The van der Waals surface area contributed by atoms with E-state index in [0.29, 0.717) is 12.5 Å².